The van der Waals surface area contributed by atoms with Crippen molar-refractivity contribution in [2.45, 2.75) is 50.2 Å². The molecule has 0 aromatic heterocycles. The van der Waals surface area contributed by atoms with E-state index in [2.05, 4.69) is 29.1 Å². The van der Waals surface area contributed by atoms with E-state index in [1.165, 1.54) is 0 Å². The Labute approximate surface area is 222 Å². The third-order valence-corrected chi connectivity index (χ3v) is 8.18. The fraction of sp³-hybridized carbons (Fsp3) is 0.593. The van der Waals surface area contributed by atoms with Crippen LogP contribution in [0.4, 0.5) is 0 Å². The van der Waals surface area contributed by atoms with Gasteiger partial charge < -0.3 is 41.3 Å². The largest absolute Gasteiger partial charge is 0.394 e. The van der Waals surface area contributed by atoms with Crippen LogP contribution in [-0.2, 0) is 4.79 Å². The molecular formula is C27H40N3O8+. The van der Waals surface area contributed by atoms with Crippen LogP contribution in [0.3, 0.4) is 0 Å². The van der Waals surface area contributed by atoms with Crippen molar-refractivity contribution in [2.75, 3.05) is 46.2 Å². The van der Waals surface area contributed by atoms with E-state index < -0.39 is 62.5 Å². The van der Waals surface area contributed by atoms with Crippen molar-refractivity contribution >= 4 is 23.6 Å². The zero-order chi connectivity index (χ0) is 28.3. The van der Waals surface area contributed by atoms with Crippen LogP contribution in [-0.4, -0.2) is 116 Å². The van der Waals surface area contributed by atoms with Gasteiger partial charge in [0.1, 0.15) is 11.1 Å². The Hall–Kier alpha value is -2.67. The highest BCUT2D eigenvalue weighted by atomic mass is 16.3. The van der Waals surface area contributed by atoms with Crippen LogP contribution in [0.1, 0.15) is 54.6 Å². The van der Waals surface area contributed by atoms with Gasteiger partial charge in [-0.3, -0.25) is 9.59 Å². The number of amides is 2. The van der Waals surface area contributed by atoms with Crippen molar-refractivity contribution in [3.05, 3.63) is 41.0 Å². The van der Waals surface area contributed by atoms with Crippen molar-refractivity contribution in [1.29, 1.82) is 0 Å². The Bertz CT molecular complexity index is 1090. The van der Waals surface area contributed by atoms with E-state index in [1.807, 2.05) is 25.1 Å². The number of nitrogens with zero attached hydrogens (tertiary/aromatic N) is 1. The summed E-state index contributed by atoms with van der Waals surface area (Å²) < 4.78 is 2.17. The van der Waals surface area contributed by atoms with Crippen LogP contribution < -0.4 is 10.6 Å². The van der Waals surface area contributed by atoms with Crippen LogP contribution in [0.2, 0.25) is 0 Å². The standard InChI is InChI=1S/C27H39N3O8/c1-17-25(2,3)23-20-6-4-19(24(38)29-27(14-34,15-35)16-36)10-18(20)5-7-21(23)30(17)9-8-22(37)28-26(11-31,12-32)13-33/h4-7,10,21,23,31-36H,8-9,11-16H2,1-3H3,(H-,28,29,37,38)/p+1. The summed E-state index contributed by atoms with van der Waals surface area (Å²) in [5.41, 5.74) is 0.0682. The summed E-state index contributed by atoms with van der Waals surface area (Å²) in [4.78, 5) is 25.4. The number of hydrogen-bond donors (Lipinski definition) is 8. The molecule has 0 fully saturated rings. The number of aliphatic hydroxyl groups excluding tert-OH is 6. The van der Waals surface area contributed by atoms with Gasteiger partial charge in [0, 0.05) is 12.5 Å². The summed E-state index contributed by atoms with van der Waals surface area (Å²) in [5, 5.41) is 62.2. The van der Waals surface area contributed by atoms with E-state index in [-0.39, 0.29) is 23.8 Å². The molecule has 1 aliphatic carbocycles. The van der Waals surface area contributed by atoms with E-state index >= 15 is 0 Å². The number of hydrogen-bond acceptors (Lipinski definition) is 8. The molecule has 0 bridgehead atoms. The Morgan fingerprint density at radius 3 is 2.03 bits per heavy atom. The van der Waals surface area contributed by atoms with Gasteiger partial charge in [-0.25, -0.2) is 4.58 Å². The molecule has 11 nitrogen and oxygen atoms in total. The Morgan fingerprint density at radius 2 is 1.47 bits per heavy atom. The number of fused-ring (bicyclic) bond motifs is 3. The maximum absolute atomic E-state index is 12.8. The van der Waals surface area contributed by atoms with Gasteiger partial charge in [0.25, 0.3) is 5.91 Å². The predicted octanol–water partition coefficient (Wildman–Crippen LogP) is -1.65. The van der Waals surface area contributed by atoms with Gasteiger partial charge in [-0.05, 0) is 43.2 Å². The average Bonchev–Trinajstić information content (AvgIpc) is 3.13. The molecular weight excluding hydrogens is 494 g/mol. The lowest BCUT2D eigenvalue weighted by atomic mass is 9.68. The van der Waals surface area contributed by atoms with Crippen LogP contribution in [0, 0.1) is 5.41 Å². The number of nitrogens with one attached hydrogen (secondary N) is 2. The molecule has 210 valence electrons. The molecule has 2 atom stereocenters. The Balaban J connectivity index is 1.81. The third-order valence-electron chi connectivity index (χ3n) is 8.18. The molecule has 0 saturated heterocycles. The summed E-state index contributed by atoms with van der Waals surface area (Å²) in [5.74, 6) is -0.872. The molecule has 3 rings (SSSR count). The molecule has 0 saturated carbocycles. The van der Waals surface area contributed by atoms with E-state index in [1.54, 1.807) is 12.1 Å². The highest BCUT2D eigenvalue weighted by molar-refractivity contribution is 5.96. The molecule has 2 amide bonds. The average molecular weight is 535 g/mol. The van der Waals surface area contributed by atoms with Crippen LogP contribution >= 0.6 is 0 Å². The summed E-state index contributed by atoms with van der Waals surface area (Å²) in [7, 11) is 0. The van der Waals surface area contributed by atoms with Crippen molar-refractivity contribution in [1.82, 2.24) is 10.6 Å². The minimum atomic E-state index is -1.52. The molecule has 0 radical (unpaired) electrons. The fourth-order valence-corrected chi connectivity index (χ4v) is 5.31. The zero-order valence-electron chi connectivity index (χ0n) is 22.1. The molecule has 2 aliphatic rings. The molecule has 8 N–H and O–H groups in total. The third kappa shape index (κ3) is 5.40. The minimum Gasteiger partial charge on any atom is -0.394 e. The van der Waals surface area contributed by atoms with Gasteiger partial charge in [-0.15, -0.1) is 0 Å². The van der Waals surface area contributed by atoms with Crippen molar-refractivity contribution in [3.63, 3.8) is 0 Å². The van der Waals surface area contributed by atoms with Gasteiger partial charge in [-0.2, -0.15) is 0 Å². The van der Waals surface area contributed by atoms with Gasteiger partial charge >= 0.3 is 0 Å². The lowest BCUT2D eigenvalue weighted by Crippen LogP contribution is -2.57. The summed E-state index contributed by atoms with van der Waals surface area (Å²) in [6.45, 7) is 3.10. The lowest BCUT2D eigenvalue weighted by Gasteiger charge is -2.31. The molecule has 1 heterocycles. The first-order chi connectivity index (χ1) is 18.0. The number of aliphatic hydroxyl groups is 6. The molecule has 1 aromatic rings. The monoisotopic (exact) mass is 534 g/mol. The SMILES string of the molecule is CC1=[N+](CCC(=O)NC(CO)(CO)CO)C2C=Cc3cc(C(=O)NC(CO)(CO)CO)ccc3C2C1(C)C. The first-order valence-electron chi connectivity index (χ1n) is 12.7. The van der Waals surface area contributed by atoms with Crippen LogP contribution in [0.5, 0.6) is 0 Å². The highest BCUT2D eigenvalue weighted by Gasteiger charge is 2.54. The number of carbonyl (C=O) groups excluding carboxylic acids is 2. The topological polar surface area (TPSA) is 183 Å². The van der Waals surface area contributed by atoms with E-state index in [0.717, 1.165) is 16.8 Å². The second-order valence-electron chi connectivity index (χ2n) is 10.9. The highest BCUT2D eigenvalue weighted by Crippen LogP contribution is 2.49. The van der Waals surface area contributed by atoms with Crippen molar-refractivity contribution < 1.29 is 44.8 Å². The molecule has 38 heavy (non-hydrogen) atoms. The van der Waals surface area contributed by atoms with Gasteiger partial charge in [0.05, 0.1) is 57.4 Å². The summed E-state index contributed by atoms with van der Waals surface area (Å²) in [6.07, 6.45) is 4.07. The first kappa shape index (κ1) is 29.9. The molecule has 0 spiro atoms. The number of rotatable bonds is 12. The predicted molar refractivity (Wildman–Crippen MR) is 140 cm³/mol. The van der Waals surface area contributed by atoms with Gasteiger partial charge in [0.2, 0.25) is 5.91 Å². The summed E-state index contributed by atoms with van der Waals surface area (Å²) >= 11 is 0. The van der Waals surface area contributed by atoms with Crippen LogP contribution in [0.25, 0.3) is 6.08 Å². The molecule has 2 unspecified atom stereocenters. The van der Waals surface area contributed by atoms with Crippen molar-refractivity contribution in [3.8, 4) is 0 Å². The van der Waals surface area contributed by atoms with E-state index in [0.29, 0.717) is 12.1 Å². The van der Waals surface area contributed by atoms with Crippen molar-refractivity contribution in [2.24, 2.45) is 5.41 Å². The Morgan fingerprint density at radius 1 is 0.921 bits per heavy atom. The second kappa shape index (κ2) is 11.6. The second-order valence-corrected chi connectivity index (χ2v) is 10.9. The normalized spacial score (nSPS) is 20.2. The van der Waals surface area contributed by atoms with Crippen LogP contribution in [0.15, 0.2) is 24.3 Å². The summed E-state index contributed by atoms with van der Waals surface area (Å²) in [6, 6.07) is 5.29. The maximum Gasteiger partial charge on any atom is 0.251 e. The Kier molecular flexibility index (Phi) is 9.12. The smallest absolute Gasteiger partial charge is 0.251 e. The minimum absolute atomic E-state index is 0.0333. The van der Waals surface area contributed by atoms with Gasteiger partial charge in [-0.1, -0.05) is 12.1 Å². The lowest BCUT2D eigenvalue weighted by molar-refractivity contribution is -0.548. The van der Waals surface area contributed by atoms with E-state index in [4.69, 9.17) is 0 Å². The first-order valence-corrected chi connectivity index (χ1v) is 12.7. The maximum atomic E-state index is 12.8. The molecule has 1 aromatic carbocycles. The number of benzene rings is 1. The zero-order valence-corrected chi connectivity index (χ0v) is 22.1. The quantitative estimate of drug-likeness (QED) is 0.147. The molecule has 11 heteroatoms. The van der Waals surface area contributed by atoms with Gasteiger partial charge in [0.15, 0.2) is 18.3 Å². The van der Waals surface area contributed by atoms with E-state index in [9.17, 15) is 40.2 Å². The number of carbonyl (C=O) groups is 2. The fourth-order valence-electron chi connectivity index (χ4n) is 5.31. The molecule has 1 aliphatic heterocycles.